The molecule has 3 heteroatoms. The highest BCUT2D eigenvalue weighted by Gasteiger charge is 2.09. The Bertz CT molecular complexity index is 471. The lowest BCUT2D eigenvalue weighted by Crippen LogP contribution is -2.05. The number of aromatic nitrogens is 2. The van der Waals surface area contributed by atoms with Crippen LogP contribution in [0.15, 0.2) is 18.2 Å². The number of nitrogens with one attached hydrogen (secondary N) is 1. The van der Waals surface area contributed by atoms with Crippen LogP contribution in [0.2, 0.25) is 0 Å². The summed E-state index contributed by atoms with van der Waals surface area (Å²) in [5, 5.41) is 9.03. The molecule has 0 amide bonds. The quantitative estimate of drug-likeness (QED) is 0.827. The zero-order valence-corrected chi connectivity index (χ0v) is 9.54. The summed E-state index contributed by atoms with van der Waals surface area (Å²) < 4.78 is 2.06. The van der Waals surface area contributed by atoms with E-state index in [0.29, 0.717) is 0 Å². The number of nitrogens with zero attached hydrogens (tertiary/aromatic N) is 2. The van der Waals surface area contributed by atoms with Crippen molar-refractivity contribution in [2.75, 3.05) is 7.05 Å². The molecule has 15 heavy (non-hydrogen) atoms. The van der Waals surface area contributed by atoms with Crippen LogP contribution in [-0.4, -0.2) is 16.8 Å². The summed E-state index contributed by atoms with van der Waals surface area (Å²) in [6, 6.07) is 6.40. The molecule has 0 saturated carbocycles. The molecule has 0 unspecified atom stereocenters. The fourth-order valence-corrected chi connectivity index (χ4v) is 2.08. The molecule has 0 aliphatic rings. The molecule has 1 aromatic carbocycles. The van der Waals surface area contributed by atoms with Gasteiger partial charge in [-0.15, -0.1) is 0 Å². The molecular weight excluding hydrogens is 186 g/mol. The predicted octanol–water partition coefficient (Wildman–Crippen LogP) is 2.08. The van der Waals surface area contributed by atoms with Crippen molar-refractivity contribution >= 4 is 10.9 Å². The van der Waals surface area contributed by atoms with Gasteiger partial charge in [0.05, 0.1) is 11.2 Å². The molecule has 0 aliphatic carbocycles. The number of fused-ring (bicyclic) bond motifs is 1. The highest BCUT2D eigenvalue weighted by Crippen LogP contribution is 2.22. The van der Waals surface area contributed by atoms with Crippen molar-refractivity contribution in [1.29, 1.82) is 0 Å². The summed E-state index contributed by atoms with van der Waals surface area (Å²) in [5.74, 6) is 0. The SMILES string of the molecule is CCn1nc(C)c2c(CNC)cccc21. The third-order valence-electron chi connectivity index (χ3n) is 2.71. The average Bonchev–Trinajstić information content (AvgIpc) is 2.57. The second-order valence-corrected chi connectivity index (χ2v) is 3.74. The molecule has 0 fully saturated rings. The molecule has 3 nitrogen and oxygen atoms in total. The lowest BCUT2D eigenvalue weighted by molar-refractivity contribution is 0.676. The Hall–Kier alpha value is -1.35. The number of hydrogen-bond acceptors (Lipinski definition) is 2. The lowest BCUT2D eigenvalue weighted by Gasteiger charge is -2.03. The van der Waals surface area contributed by atoms with E-state index >= 15 is 0 Å². The topological polar surface area (TPSA) is 29.9 Å². The van der Waals surface area contributed by atoms with Gasteiger partial charge in [0.15, 0.2) is 0 Å². The highest BCUT2D eigenvalue weighted by molar-refractivity contribution is 5.85. The maximum absolute atomic E-state index is 4.54. The van der Waals surface area contributed by atoms with E-state index in [1.807, 2.05) is 7.05 Å². The molecule has 2 rings (SSSR count). The minimum Gasteiger partial charge on any atom is -0.316 e. The largest absolute Gasteiger partial charge is 0.316 e. The Morgan fingerprint density at radius 2 is 2.20 bits per heavy atom. The standard InChI is InChI=1S/C12H17N3/c1-4-15-11-7-5-6-10(8-13-3)12(11)9(2)14-15/h5-7,13H,4,8H2,1-3H3. The average molecular weight is 203 g/mol. The summed E-state index contributed by atoms with van der Waals surface area (Å²) in [6.45, 7) is 6.02. The Labute approximate surface area is 90.1 Å². The minimum absolute atomic E-state index is 0.896. The third-order valence-corrected chi connectivity index (χ3v) is 2.71. The van der Waals surface area contributed by atoms with E-state index in [1.165, 1.54) is 16.5 Å². The molecule has 0 saturated heterocycles. The first-order valence-corrected chi connectivity index (χ1v) is 5.37. The van der Waals surface area contributed by atoms with Gasteiger partial charge in [-0.05, 0) is 32.5 Å². The van der Waals surface area contributed by atoms with Gasteiger partial charge in [0, 0.05) is 18.5 Å². The molecule has 2 aromatic rings. The Kier molecular flexibility index (Phi) is 2.73. The molecule has 0 aliphatic heterocycles. The van der Waals surface area contributed by atoms with Crippen LogP contribution < -0.4 is 5.32 Å². The van der Waals surface area contributed by atoms with Crippen molar-refractivity contribution in [3.63, 3.8) is 0 Å². The van der Waals surface area contributed by atoms with E-state index in [2.05, 4.69) is 47.1 Å². The van der Waals surface area contributed by atoms with Gasteiger partial charge in [0.1, 0.15) is 0 Å². The summed E-state index contributed by atoms with van der Waals surface area (Å²) in [6.07, 6.45) is 0. The Morgan fingerprint density at radius 1 is 1.40 bits per heavy atom. The van der Waals surface area contributed by atoms with Crippen LogP contribution in [0.4, 0.5) is 0 Å². The summed E-state index contributed by atoms with van der Waals surface area (Å²) >= 11 is 0. The first-order chi connectivity index (χ1) is 7.27. The van der Waals surface area contributed by atoms with Crippen molar-refractivity contribution in [2.45, 2.75) is 26.9 Å². The van der Waals surface area contributed by atoms with Crippen LogP contribution in [0.5, 0.6) is 0 Å². The zero-order valence-electron chi connectivity index (χ0n) is 9.54. The number of benzene rings is 1. The van der Waals surface area contributed by atoms with Crippen LogP contribution in [0.1, 0.15) is 18.2 Å². The van der Waals surface area contributed by atoms with Crippen LogP contribution in [0, 0.1) is 6.92 Å². The molecule has 1 aromatic heterocycles. The van der Waals surface area contributed by atoms with Crippen LogP contribution >= 0.6 is 0 Å². The van der Waals surface area contributed by atoms with Gasteiger partial charge >= 0.3 is 0 Å². The molecule has 0 bridgehead atoms. The van der Waals surface area contributed by atoms with E-state index in [9.17, 15) is 0 Å². The van der Waals surface area contributed by atoms with Gasteiger partial charge < -0.3 is 5.32 Å². The van der Waals surface area contributed by atoms with Gasteiger partial charge in [-0.25, -0.2) is 0 Å². The molecule has 0 radical (unpaired) electrons. The van der Waals surface area contributed by atoms with Crippen LogP contribution in [-0.2, 0) is 13.1 Å². The molecule has 0 spiro atoms. The molecule has 1 heterocycles. The molecule has 80 valence electrons. The smallest absolute Gasteiger partial charge is 0.0688 e. The van der Waals surface area contributed by atoms with Gasteiger partial charge in [-0.3, -0.25) is 4.68 Å². The van der Waals surface area contributed by atoms with Gasteiger partial charge in [-0.1, -0.05) is 12.1 Å². The Morgan fingerprint density at radius 3 is 2.87 bits per heavy atom. The van der Waals surface area contributed by atoms with E-state index < -0.39 is 0 Å². The maximum atomic E-state index is 4.54. The maximum Gasteiger partial charge on any atom is 0.0688 e. The van der Waals surface area contributed by atoms with Crippen LogP contribution in [0.3, 0.4) is 0 Å². The van der Waals surface area contributed by atoms with Crippen molar-refractivity contribution < 1.29 is 0 Å². The van der Waals surface area contributed by atoms with Gasteiger partial charge in [-0.2, -0.15) is 5.10 Å². The zero-order chi connectivity index (χ0) is 10.8. The van der Waals surface area contributed by atoms with E-state index in [0.717, 1.165) is 18.8 Å². The predicted molar refractivity (Wildman–Crippen MR) is 62.9 cm³/mol. The normalized spacial score (nSPS) is 11.1. The Balaban J connectivity index is 2.68. The second-order valence-electron chi connectivity index (χ2n) is 3.74. The highest BCUT2D eigenvalue weighted by atomic mass is 15.3. The van der Waals surface area contributed by atoms with E-state index in [-0.39, 0.29) is 0 Å². The summed E-state index contributed by atoms with van der Waals surface area (Å²) in [5.41, 5.74) is 3.69. The van der Waals surface area contributed by atoms with Crippen molar-refractivity contribution in [1.82, 2.24) is 15.1 Å². The summed E-state index contributed by atoms with van der Waals surface area (Å²) in [7, 11) is 1.97. The fraction of sp³-hybridized carbons (Fsp3) is 0.417. The molecular formula is C12H17N3. The second kappa shape index (κ2) is 4.03. The summed E-state index contributed by atoms with van der Waals surface area (Å²) in [4.78, 5) is 0. The fourth-order valence-electron chi connectivity index (χ4n) is 2.08. The molecule has 1 N–H and O–H groups in total. The van der Waals surface area contributed by atoms with Crippen molar-refractivity contribution in [3.05, 3.63) is 29.5 Å². The van der Waals surface area contributed by atoms with Crippen molar-refractivity contribution in [3.8, 4) is 0 Å². The third kappa shape index (κ3) is 1.63. The van der Waals surface area contributed by atoms with Gasteiger partial charge in [0.2, 0.25) is 0 Å². The van der Waals surface area contributed by atoms with Crippen LogP contribution in [0.25, 0.3) is 10.9 Å². The van der Waals surface area contributed by atoms with E-state index in [4.69, 9.17) is 0 Å². The van der Waals surface area contributed by atoms with Crippen molar-refractivity contribution in [2.24, 2.45) is 0 Å². The van der Waals surface area contributed by atoms with Gasteiger partial charge in [0.25, 0.3) is 0 Å². The first-order valence-electron chi connectivity index (χ1n) is 5.37. The number of hydrogen-bond donors (Lipinski definition) is 1. The lowest BCUT2D eigenvalue weighted by atomic mass is 10.1. The number of aryl methyl sites for hydroxylation is 2. The minimum atomic E-state index is 0.896. The monoisotopic (exact) mass is 203 g/mol. The van der Waals surface area contributed by atoms with E-state index in [1.54, 1.807) is 0 Å². The first kappa shape index (κ1) is 10.2. The number of rotatable bonds is 3. The molecule has 0 atom stereocenters.